The summed E-state index contributed by atoms with van der Waals surface area (Å²) in [5.74, 6) is 1.02. The van der Waals surface area contributed by atoms with Crippen LogP contribution in [-0.2, 0) is 14.3 Å². The molecular formula is C20H30N4O3. The van der Waals surface area contributed by atoms with E-state index >= 15 is 0 Å². The highest BCUT2D eigenvalue weighted by molar-refractivity contribution is 5.92. The lowest BCUT2D eigenvalue weighted by Crippen LogP contribution is -2.45. The van der Waals surface area contributed by atoms with Crippen molar-refractivity contribution in [1.29, 1.82) is 0 Å². The quantitative estimate of drug-likeness (QED) is 0.877. The number of hydrogen-bond donors (Lipinski definition) is 1. The van der Waals surface area contributed by atoms with E-state index < -0.39 is 0 Å². The zero-order chi connectivity index (χ0) is 19.4. The van der Waals surface area contributed by atoms with Gasteiger partial charge in [0, 0.05) is 37.5 Å². The largest absolute Gasteiger partial charge is 0.378 e. The number of pyridine rings is 1. The smallest absolute Gasteiger partial charge is 0.227 e. The van der Waals surface area contributed by atoms with Crippen LogP contribution in [-0.4, -0.2) is 61.1 Å². The number of carbonyl (C=O) groups is 2. The van der Waals surface area contributed by atoms with Crippen LogP contribution in [0.25, 0.3) is 0 Å². The Morgan fingerprint density at radius 1 is 1.11 bits per heavy atom. The lowest BCUT2D eigenvalue weighted by Gasteiger charge is -2.35. The van der Waals surface area contributed by atoms with E-state index in [4.69, 9.17) is 4.74 Å². The molecule has 0 radical (unpaired) electrons. The minimum absolute atomic E-state index is 0.0128. The van der Waals surface area contributed by atoms with Gasteiger partial charge in [-0.3, -0.25) is 9.59 Å². The molecule has 0 aliphatic carbocycles. The van der Waals surface area contributed by atoms with Gasteiger partial charge < -0.3 is 19.9 Å². The van der Waals surface area contributed by atoms with Crippen molar-refractivity contribution in [3.05, 3.63) is 18.3 Å². The predicted molar refractivity (Wildman–Crippen MR) is 105 cm³/mol. The molecule has 2 amide bonds. The first kappa shape index (κ1) is 19.6. The van der Waals surface area contributed by atoms with Gasteiger partial charge in [-0.25, -0.2) is 4.98 Å². The second-order valence-electron chi connectivity index (χ2n) is 8.31. The molecule has 2 aliphatic rings. The van der Waals surface area contributed by atoms with Gasteiger partial charge in [0.2, 0.25) is 11.8 Å². The molecule has 0 aromatic carbocycles. The number of carbonyl (C=O) groups excluding carboxylic acids is 2. The van der Waals surface area contributed by atoms with Crippen molar-refractivity contribution in [2.45, 2.75) is 33.6 Å². The molecule has 1 aromatic heterocycles. The molecule has 2 aliphatic heterocycles. The Bertz CT molecular complexity index is 655. The number of nitrogens with one attached hydrogen (secondary N) is 1. The standard InChI is InChI=1S/C20H30N4O3/c1-20(2,3)19(26)24-8-6-15(7-9-24)18(25)22-16-4-5-17(21-14-16)23-10-12-27-13-11-23/h4-5,14-15H,6-13H2,1-3H3,(H,22,25). The number of rotatable bonds is 3. The molecule has 0 saturated carbocycles. The van der Waals surface area contributed by atoms with E-state index in [1.54, 1.807) is 6.20 Å². The number of morpholine rings is 1. The molecule has 7 nitrogen and oxygen atoms in total. The van der Waals surface area contributed by atoms with Crippen molar-refractivity contribution in [1.82, 2.24) is 9.88 Å². The summed E-state index contributed by atoms with van der Waals surface area (Å²) in [6.45, 7) is 10.2. The van der Waals surface area contributed by atoms with Crippen molar-refractivity contribution in [2.24, 2.45) is 11.3 Å². The normalized spacial score (nSPS) is 19.1. The van der Waals surface area contributed by atoms with Crippen LogP contribution in [0.3, 0.4) is 0 Å². The van der Waals surface area contributed by atoms with Gasteiger partial charge in [0.25, 0.3) is 0 Å². The Morgan fingerprint density at radius 3 is 2.33 bits per heavy atom. The molecule has 0 bridgehead atoms. The number of piperidine rings is 1. The van der Waals surface area contributed by atoms with Crippen molar-refractivity contribution in [2.75, 3.05) is 49.6 Å². The van der Waals surface area contributed by atoms with Crippen LogP contribution in [0.5, 0.6) is 0 Å². The minimum Gasteiger partial charge on any atom is -0.378 e. The van der Waals surface area contributed by atoms with E-state index in [0.717, 1.165) is 32.1 Å². The zero-order valence-corrected chi connectivity index (χ0v) is 16.5. The molecule has 0 atom stereocenters. The summed E-state index contributed by atoms with van der Waals surface area (Å²) < 4.78 is 5.35. The van der Waals surface area contributed by atoms with E-state index in [-0.39, 0.29) is 23.1 Å². The topological polar surface area (TPSA) is 74.8 Å². The SMILES string of the molecule is CC(C)(C)C(=O)N1CCC(C(=O)Nc2ccc(N3CCOCC3)nc2)CC1. The van der Waals surface area contributed by atoms with Crippen LogP contribution in [0.2, 0.25) is 0 Å². The van der Waals surface area contributed by atoms with Gasteiger partial charge in [-0.15, -0.1) is 0 Å². The van der Waals surface area contributed by atoms with Crippen LogP contribution in [0.1, 0.15) is 33.6 Å². The third-order valence-corrected chi connectivity index (χ3v) is 5.15. The highest BCUT2D eigenvalue weighted by Crippen LogP contribution is 2.24. The molecule has 7 heteroatoms. The average Bonchev–Trinajstić information content (AvgIpc) is 2.68. The molecule has 0 spiro atoms. The van der Waals surface area contributed by atoms with E-state index in [2.05, 4.69) is 15.2 Å². The monoisotopic (exact) mass is 374 g/mol. The second-order valence-corrected chi connectivity index (χ2v) is 8.31. The number of nitrogens with zero attached hydrogens (tertiary/aromatic N) is 3. The Labute approximate surface area is 161 Å². The lowest BCUT2D eigenvalue weighted by molar-refractivity contribution is -0.142. The fourth-order valence-corrected chi connectivity index (χ4v) is 3.50. The summed E-state index contributed by atoms with van der Waals surface area (Å²) in [7, 11) is 0. The molecule has 27 heavy (non-hydrogen) atoms. The van der Waals surface area contributed by atoms with E-state index in [1.807, 2.05) is 37.8 Å². The molecule has 1 aromatic rings. The molecule has 2 saturated heterocycles. The Kier molecular flexibility index (Phi) is 5.99. The van der Waals surface area contributed by atoms with Crippen LogP contribution >= 0.6 is 0 Å². The van der Waals surface area contributed by atoms with Gasteiger partial charge in [-0.1, -0.05) is 20.8 Å². The second kappa shape index (κ2) is 8.25. The fraction of sp³-hybridized carbons (Fsp3) is 0.650. The molecule has 1 N–H and O–H groups in total. The molecule has 148 valence electrons. The third kappa shape index (κ3) is 4.97. The molecular weight excluding hydrogens is 344 g/mol. The summed E-state index contributed by atoms with van der Waals surface area (Å²) in [6, 6.07) is 3.83. The minimum atomic E-state index is -0.372. The maximum Gasteiger partial charge on any atom is 0.227 e. The average molecular weight is 374 g/mol. The van der Waals surface area contributed by atoms with Crippen molar-refractivity contribution in [3.8, 4) is 0 Å². The Hall–Kier alpha value is -2.15. The molecule has 3 heterocycles. The maximum atomic E-state index is 12.6. The number of likely N-dealkylation sites (tertiary alicyclic amines) is 1. The van der Waals surface area contributed by atoms with E-state index in [0.29, 0.717) is 31.6 Å². The molecule has 0 unspecified atom stereocenters. The number of anilines is 2. The first-order valence-electron chi connectivity index (χ1n) is 9.73. The van der Waals surface area contributed by atoms with Gasteiger partial charge in [0.05, 0.1) is 25.1 Å². The van der Waals surface area contributed by atoms with Crippen LogP contribution < -0.4 is 10.2 Å². The van der Waals surface area contributed by atoms with Gasteiger partial charge in [0.15, 0.2) is 0 Å². The summed E-state index contributed by atoms with van der Waals surface area (Å²) in [5, 5.41) is 2.97. The Morgan fingerprint density at radius 2 is 1.78 bits per heavy atom. The summed E-state index contributed by atoms with van der Waals surface area (Å²) >= 11 is 0. The highest BCUT2D eigenvalue weighted by atomic mass is 16.5. The van der Waals surface area contributed by atoms with Crippen molar-refractivity contribution >= 4 is 23.3 Å². The van der Waals surface area contributed by atoms with E-state index in [9.17, 15) is 9.59 Å². The number of hydrogen-bond acceptors (Lipinski definition) is 5. The fourth-order valence-electron chi connectivity index (χ4n) is 3.50. The number of aromatic nitrogens is 1. The molecule has 3 rings (SSSR count). The first-order chi connectivity index (χ1) is 12.8. The summed E-state index contributed by atoms with van der Waals surface area (Å²) in [6.07, 6.45) is 3.11. The zero-order valence-electron chi connectivity index (χ0n) is 16.5. The van der Waals surface area contributed by atoms with Gasteiger partial charge in [-0.05, 0) is 25.0 Å². The van der Waals surface area contributed by atoms with Crippen molar-refractivity contribution in [3.63, 3.8) is 0 Å². The summed E-state index contributed by atoms with van der Waals surface area (Å²) in [5.41, 5.74) is 0.341. The van der Waals surface area contributed by atoms with Crippen LogP contribution in [0.15, 0.2) is 18.3 Å². The molecule has 2 fully saturated rings. The van der Waals surface area contributed by atoms with Crippen LogP contribution in [0, 0.1) is 11.3 Å². The van der Waals surface area contributed by atoms with Crippen LogP contribution in [0.4, 0.5) is 11.5 Å². The van der Waals surface area contributed by atoms with E-state index in [1.165, 1.54) is 0 Å². The number of amides is 2. The van der Waals surface area contributed by atoms with Crippen molar-refractivity contribution < 1.29 is 14.3 Å². The Balaban J connectivity index is 1.50. The lowest BCUT2D eigenvalue weighted by atomic mass is 9.90. The van der Waals surface area contributed by atoms with Gasteiger partial charge in [-0.2, -0.15) is 0 Å². The maximum absolute atomic E-state index is 12.6. The number of ether oxygens (including phenoxy) is 1. The first-order valence-corrected chi connectivity index (χ1v) is 9.73. The van der Waals surface area contributed by atoms with Gasteiger partial charge in [0.1, 0.15) is 5.82 Å². The van der Waals surface area contributed by atoms with Gasteiger partial charge >= 0.3 is 0 Å². The predicted octanol–water partition coefficient (Wildman–Crippen LogP) is 2.14. The third-order valence-electron chi connectivity index (χ3n) is 5.15. The summed E-state index contributed by atoms with van der Waals surface area (Å²) in [4.78, 5) is 33.4. The highest BCUT2D eigenvalue weighted by Gasteiger charge is 2.32.